The molecule has 2 rings (SSSR count). The Labute approximate surface area is 160 Å². The molecule has 0 spiro atoms. The molecule has 0 aliphatic carbocycles. The van der Waals surface area contributed by atoms with Crippen LogP contribution >= 0.6 is 11.6 Å². The number of hydrogen-bond acceptors (Lipinski definition) is 5. The largest absolute Gasteiger partial charge is 0.477 e. The second kappa shape index (κ2) is 9.13. The minimum absolute atomic E-state index is 0.0730. The van der Waals surface area contributed by atoms with Crippen molar-refractivity contribution in [1.82, 2.24) is 10.2 Å². The third kappa shape index (κ3) is 5.04. The van der Waals surface area contributed by atoms with Crippen LogP contribution < -0.4 is 15.8 Å². The summed E-state index contributed by atoms with van der Waals surface area (Å²) in [5.41, 5.74) is 6.56. The van der Waals surface area contributed by atoms with Crippen LogP contribution in [0.25, 0.3) is 0 Å². The Kier molecular flexibility index (Phi) is 7.15. The van der Waals surface area contributed by atoms with Gasteiger partial charge in [-0.05, 0) is 39.9 Å². The molecule has 0 unspecified atom stereocenters. The van der Waals surface area contributed by atoms with E-state index < -0.39 is 0 Å². The lowest BCUT2D eigenvalue weighted by atomic mass is 10.0. The lowest BCUT2D eigenvalue weighted by Crippen LogP contribution is -2.53. The fraction of sp³-hybridized carbons (Fsp3) is 0.526. The van der Waals surface area contributed by atoms with Gasteiger partial charge in [-0.3, -0.25) is 4.79 Å². The molecule has 1 heterocycles. The normalized spacial score (nSPS) is 21.4. The molecule has 1 aromatic carbocycles. The molecule has 1 amide bonds. The van der Waals surface area contributed by atoms with Gasteiger partial charge in [0.2, 0.25) is 0 Å². The summed E-state index contributed by atoms with van der Waals surface area (Å²) in [6.07, 6.45) is 0.357. The average molecular weight is 380 g/mol. The van der Waals surface area contributed by atoms with Crippen molar-refractivity contribution in [3.05, 3.63) is 22.7 Å². The molecule has 0 saturated carbocycles. The number of nitrogens with one attached hydrogen (secondary N) is 1. The van der Waals surface area contributed by atoms with Crippen LogP contribution in [-0.2, 0) is 4.74 Å². The Morgan fingerprint density at radius 2 is 2.23 bits per heavy atom. The minimum atomic E-state index is -0.373. The maximum Gasteiger partial charge on any atom is 0.255 e. The van der Waals surface area contributed by atoms with Crippen molar-refractivity contribution in [2.24, 2.45) is 0 Å². The first-order valence-corrected chi connectivity index (χ1v) is 8.93. The summed E-state index contributed by atoms with van der Waals surface area (Å²) in [7, 11) is 3.69. The highest BCUT2D eigenvalue weighted by Crippen LogP contribution is 2.30. The van der Waals surface area contributed by atoms with E-state index in [2.05, 4.69) is 22.1 Å². The third-order valence-electron chi connectivity index (χ3n) is 4.38. The number of benzene rings is 1. The van der Waals surface area contributed by atoms with Gasteiger partial charge in [-0.1, -0.05) is 17.5 Å². The average Bonchev–Trinajstić information content (AvgIpc) is 2.59. The molecule has 7 heteroatoms. The molecule has 0 bridgehead atoms. The van der Waals surface area contributed by atoms with E-state index in [0.29, 0.717) is 22.0 Å². The number of halogens is 1. The number of piperidine rings is 1. The number of methoxy groups -OCH3 is 1. The van der Waals surface area contributed by atoms with Crippen LogP contribution in [0.15, 0.2) is 12.1 Å². The Balaban J connectivity index is 2.23. The zero-order valence-electron chi connectivity index (χ0n) is 15.6. The number of carbonyl (C=O) groups excluding carboxylic acids is 1. The molecule has 6 nitrogen and oxygen atoms in total. The fourth-order valence-electron chi connectivity index (χ4n) is 2.99. The van der Waals surface area contributed by atoms with Crippen molar-refractivity contribution in [2.75, 3.05) is 33.0 Å². The number of nitrogens with zero attached hydrogens (tertiary/aromatic N) is 1. The van der Waals surface area contributed by atoms with E-state index in [1.807, 2.05) is 7.05 Å². The van der Waals surface area contributed by atoms with E-state index in [0.717, 1.165) is 19.5 Å². The van der Waals surface area contributed by atoms with Gasteiger partial charge in [0.15, 0.2) is 6.10 Å². The lowest BCUT2D eigenvalue weighted by molar-refractivity contribution is 0.0141. The summed E-state index contributed by atoms with van der Waals surface area (Å²) in [6, 6.07) is 3.01. The topological polar surface area (TPSA) is 76.8 Å². The molecular formula is C19H26ClN3O3. The van der Waals surface area contributed by atoms with Gasteiger partial charge in [0.1, 0.15) is 5.75 Å². The van der Waals surface area contributed by atoms with Gasteiger partial charge in [-0.15, -0.1) is 5.92 Å². The number of nitrogens with two attached hydrogens (primary N) is 1. The van der Waals surface area contributed by atoms with Crippen molar-refractivity contribution >= 4 is 23.2 Å². The number of hydrogen-bond donors (Lipinski definition) is 2. The molecule has 26 heavy (non-hydrogen) atoms. The summed E-state index contributed by atoms with van der Waals surface area (Å²) >= 11 is 6.13. The van der Waals surface area contributed by atoms with Crippen LogP contribution in [0.1, 0.15) is 30.6 Å². The van der Waals surface area contributed by atoms with Crippen molar-refractivity contribution in [3.63, 3.8) is 0 Å². The first kappa shape index (κ1) is 20.4. The highest BCUT2D eigenvalue weighted by Gasteiger charge is 2.30. The molecular weight excluding hydrogens is 354 g/mol. The molecule has 3 N–H and O–H groups in total. The zero-order valence-corrected chi connectivity index (χ0v) is 16.4. The Hall–Kier alpha value is -1.94. The van der Waals surface area contributed by atoms with Gasteiger partial charge in [0.05, 0.1) is 28.4 Å². The van der Waals surface area contributed by atoms with Crippen molar-refractivity contribution in [1.29, 1.82) is 0 Å². The summed E-state index contributed by atoms with van der Waals surface area (Å²) in [5, 5.41) is 3.35. The van der Waals surface area contributed by atoms with Gasteiger partial charge >= 0.3 is 0 Å². The van der Waals surface area contributed by atoms with Crippen molar-refractivity contribution in [3.8, 4) is 17.6 Å². The number of likely N-dealkylation sites (tertiary alicyclic amines) is 1. The molecule has 142 valence electrons. The molecule has 1 aliphatic rings. The predicted octanol–water partition coefficient (Wildman–Crippen LogP) is 2.16. The first-order valence-electron chi connectivity index (χ1n) is 8.55. The molecule has 0 radical (unpaired) electrons. The van der Waals surface area contributed by atoms with Crippen molar-refractivity contribution < 1.29 is 14.3 Å². The van der Waals surface area contributed by atoms with Crippen molar-refractivity contribution in [2.45, 2.75) is 38.5 Å². The SMILES string of the molecule is CC#C[C@H](C)Oc1cc(N)c(Cl)cc1C(=O)N[C@H]1CCN(C)C[C@H]1OC. The van der Waals surface area contributed by atoms with Gasteiger partial charge in [-0.2, -0.15) is 0 Å². The quantitative estimate of drug-likeness (QED) is 0.605. The van der Waals surface area contributed by atoms with E-state index in [1.54, 1.807) is 27.0 Å². The van der Waals surface area contributed by atoms with Crippen LogP contribution in [-0.4, -0.2) is 56.3 Å². The number of anilines is 1. The third-order valence-corrected chi connectivity index (χ3v) is 4.70. The lowest BCUT2D eigenvalue weighted by Gasteiger charge is -2.36. The molecule has 1 fully saturated rings. The maximum atomic E-state index is 12.9. The summed E-state index contributed by atoms with van der Waals surface area (Å²) < 4.78 is 11.3. The molecule has 1 aromatic rings. The molecule has 3 atom stereocenters. The molecule has 1 aliphatic heterocycles. The highest BCUT2D eigenvalue weighted by molar-refractivity contribution is 6.33. The molecule has 1 saturated heterocycles. The Morgan fingerprint density at radius 3 is 2.88 bits per heavy atom. The standard InChI is InChI=1S/C19H26ClN3O3/c1-5-6-12(2)26-17-10-15(21)14(20)9-13(17)19(24)22-16-7-8-23(3)11-18(16)25-4/h9-10,12,16,18H,7-8,11,21H2,1-4H3,(H,22,24)/t12-,16-,18+/m0/s1. The summed E-state index contributed by atoms with van der Waals surface area (Å²) in [4.78, 5) is 15.1. The Bertz CT molecular complexity index is 714. The van der Waals surface area contributed by atoms with Gasteiger partial charge < -0.3 is 25.4 Å². The van der Waals surface area contributed by atoms with E-state index in [-0.39, 0.29) is 24.2 Å². The van der Waals surface area contributed by atoms with Crippen LogP contribution in [0.4, 0.5) is 5.69 Å². The number of rotatable bonds is 5. The minimum Gasteiger partial charge on any atom is -0.477 e. The second-order valence-electron chi connectivity index (χ2n) is 6.43. The second-order valence-corrected chi connectivity index (χ2v) is 6.84. The fourth-order valence-corrected chi connectivity index (χ4v) is 3.15. The number of carbonyl (C=O) groups is 1. The van der Waals surface area contributed by atoms with E-state index in [1.165, 1.54) is 6.07 Å². The first-order chi connectivity index (χ1) is 12.3. The van der Waals surface area contributed by atoms with E-state index in [9.17, 15) is 4.79 Å². The predicted molar refractivity (Wildman–Crippen MR) is 104 cm³/mol. The van der Waals surface area contributed by atoms with E-state index >= 15 is 0 Å². The highest BCUT2D eigenvalue weighted by atomic mass is 35.5. The number of likely N-dealkylation sites (N-methyl/N-ethyl adjacent to an activating group) is 1. The summed E-state index contributed by atoms with van der Waals surface area (Å²) in [5.74, 6) is 5.78. The van der Waals surface area contributed by atoms with Gasteiger partial charge in [0.25, 0.3) is 5.91 Å². The monoisotopic (exact) mass is 379 g/mol. The van der Waals surface area contributed by atoms with E-state index in [4.69, 9.17) is 26.8 Å². The number of amides is 1. The summed E-state index contributed by atoms with van der Waals surface area (Å²) in [6.45, 7) is 5.19. The van der Waals surface area contributed by atoms with Gasteiger partial charge in [-0.25, -0.2) is 0 Å². The molecule has 0 aromatic heterocycles. The smallest absolute Gasteiger partial charge is 0.255 e. The van der Waals surface area contributed by atoms with Crippen LogP contribution in [0.5, 0.6) is 5.75 Å². The zero-order chi connectivity index (χ0) is 19.3. The Morgan fingerprint density at radius 1 is 1.50 bits per heavy atom. The van der Waals surface area contributed by atoms with Crippen LogP contribution in [0.2, 0.25) is 5.02 Å². The van der Waals surface area contributed by atoms with Gasteiger partial charge in [0, 0.05) is 19.7 Å². The van der Waals surface area contributed by atoms with Crippen LogP contribution in [0, 0.1) is 11.8 Å². The number of nitrogen functional groups attached to an aromatic ring is 1. The van der Waals surface area contributed by atoms with Crippen LogP contribution in [0.3, 0.4) is 0 Å². The number of ether oxygens (including phenoxy) is 2. The maximum absolute atomic E-state index is 12.9.